The molecule has 3 rings (SSSR count). The molecule has 0 saturated carbocycles. The molecular weight excluding hydrogens is 224 g/mol. The van der Waals surface area contributed by atoms with Crippen LogP contribution in [0.5, 0.6) is 0 Å². The summed E-state index contributed by atoms with van der Waals surface area (Å²) in [7, 11) is 0. The van der Waals surface area contributed by atoms with Crippen LogP contribution in [0.1, 0.15) is 39.0 Å². The van der Waals surface area contributed by atoms with Gasteiger partial charge in [0.1, 0.15) is 0 Å². The summed E-state index contributed by atoms with van der Waals surface area (Å²) in [5, 5.41) is 3.68. The number of imidazole rings is 1. The summed E-state index contributed by atoms with van der Waals surface area (Å²) in [5.74, 6) is 1.07. The second kappa shape index (κ2) is 5.31. The number of unbranched alkanes of at least 4 members (excludes halogenated alkanes) is 1. The maximum absolute atomic E-state index is 4.48. The standard InChI is InChI=1S/C14H24N4/c1-2-3-8-18-11-7-15-14(18)16-12-6-10-17-9-4-5-13(12)17/h7,11-13H,2-6,8-10H2,1H3,(H,15,16). The average molecular weight is 248 g/mol. The lowest BCUT2D eigenvalue weighted by molar-refractivity contribution is 0.318. The first-order valence-electron chi connectivity index (χ1n) is 7.40. The van der Waals surface area contributed by atoms with Crippen molar-refractivity contribution in [3.05, 3.63) is 12.4 Å². The Morgan fingerprint density at radius 1 is 1.39 bits per heavy atom. The third kappa shape index (κ3) is 2.26. The van der Waals surface area contributed by atoms with Crippen molar-refractivity contribution in [3.8, 4) is 0 Å². The van der Waals surface area contributed by atoms with Gasteiger partial charge in [-0.2, -0.15) is 0 Å². The van der Waals surface area contributed by atoms with Gasteiger partial charge >= 0.3 is 0 Å². The lowest BCUT2D eigenvalue weighted by atomic mass is 10.1. The molecule has 3 heterocycles. The molecule has 1 aromatic heterocycles. The molecule has 2 saturated heterocycles. The molecule has 100 valence electrons. The monoisotopic (exact) mass is 248 g/mol. The number of nitrogens with one attached hydrogen (secondary N) is 1. The molecule has 0 radical (unpaired) electrons. The fourth-order valence-electron chi connectivity index (χ4n) is 3.37. The summed E-state index contributed by atoms with van der Waals surface area (Å²) in [6.07, 6.45) is 10.5. The summed E-state index contributed by atoms with van der Waals surface area (Å²) < 4.78 is 2.26. The number of anilines is 1. The van der Waals surface area contributed by atoms with Crippen LogP contribution in [-0.4, -0.2) is 39.6 Å². The Morgan fingerprint density at radius 2 is 2.33 bits per heavy atom. The van der Waals surface area contributed by atoms with Crippen LogP contribution in [0.15, 0.2) is 12.4 Å². The molecule has 0 amide bonds. The Bertz CT molecular complexity index is 387. The van der Waals surface area contributed by atoms with Crippen LogP contribution in [-0.2, 0) is 6.54 Å². The van der Waals surface area contributed by atoms with E-state index in [1.165, 1.54) is 45.2 Å². The van der Waals surface area contributed by atoms with E-state index in [9.17, 15) is 0 Å². The molecule has 0 aliphatic carbocycles. The molecule has 4 heteroatoms. The molecule has 4 nitrogen and oxygen atoms in total. The van der Waals surface area contributed by atoms with Crippen molar-refractivity contribution in [3.63, 3.8) is 0 Å². The number of aromatic nitrogens is 2. The minimum absolute atomic E-state index is 0.607. The second-order valence-corrected chi connectivity index (χ2v) is 5.58. The van der Waals surface area contributed by atoms with Gasteiger partial charge in [0.05, 0.1) is 0 Å². The van der Waals surface area contributed by atoms with E-state index in [-0.39, 0.29) is 0 Å². The topological polar surface area (TPSA) is 33.1 Å². The first-order valence-corrected chi connectivity index (χ1v) is 7.40. The molecule has 2 unspecified atom stereocenters. The van der Waals surface area contributed by atoms with Crippen molar-refractivity contribution in [1.29, 1.82) is 0 Å². The number of aryl methyl sites for hydroxylation is 1. The second-order valence-electron chi connectivity index (χ2n) is 5.58. The third-order valence-electron chi connectivity index (χ3n) is 4.39. The quantitative estimate of drug-likeness (QED) is 0.868. The molecule has 2 aliphatic rings. The van der Waals surface area contributed by atoms with Gasteiger partial charge in [-0.05, 0) is 32.2 Å². The van der Waals surface area contributed by atoms with E-state index in [4.69, 9.17) is 0 Å². The lowest BCUT2D eigenvalue weighted by Gasteiger charge is -2.22. The molecule has 0 bridgehead atoms. The maximum atomic E-state index is 4.48. The first kappa shape index (κ1) is 12.0. The summed E-state index contributed by atoms with van der Waals surface area (Å²) >= 11 is 0. The smallest absolute Gasteiger partial charge is 0.203 e. The van der Waals surface area contributed by atoms with Gasteiger partial charge in [-0.25, -0.2) is 4.98 Å². The maximum Gasteiger partial charge on any atom is 0.203 e. The lowest BCUT2D eigenvalue weighted by Crippen LogP contribution is -2.34. The van der Waals surface area contributed by atoms with Crippen molar-refractivity contribution in [1.82, 2.24) is 14.5 Å². The van der Waals surface area contributed by atoms with Crippen molar-refractivity contribution >= 4 is 5.95 Å². The normalized spacial score (nSPS) is 27.6. The Balaban J connectivity index is 1.63. The number of rotatable bonds is 5. The molecule has 0 aromatic carbocycles. The highest BCUT2D eigenvalue weighted by atomic mass is 15.3. The number of fused-ring (bicyclic) bond motifs is 1. The summed E-state index contributed by atoms with van der Waals surface area (Å²) in [4.78, 5) is 7.12. The molecule has 1 N–H and O–H groups in total. The fourth-order valence-corrected chi connectivity index (χ4v) is 3.37. The van der Waals surface area contributed by atoms with Crippen molar-refractivity contribution in [2.45, 2.75) is 57.7 Å². The van der Waals surface area contributed by atoms with Gasteiger partial charge in [0.2, 0.25) is 5.95 Å². The van der Waals surface area contributed by atoms with Gasteiger partial charge in [-0.1, -0.05) is 13.3 Å². The van der Waals surface area contributed by atoms with Gasteiger partial charge in [-0.15, -0.1) is 0 Å². The van der Waals surface area contributed by atoms with Gasteiger partial charge in [0.25, 0.3) is 0 Å². The Hall–Kier alpha value is -1.03. The third-order valence-corrected chi connectivity index (χ3v) is 4.39. The van der Waals surface area contributed by atoms with E-state index in [1.807, 2.05) is 6.20 Å². The SMILES string of the molecule is CCCCn1ccnc1NC1CCN2CCCC12. The van der Waals surface area contributed by atoms with E-state index in [0.717, 1.165) is 18.5 Å². The zero-order valence-corrected chi connectivity index (χ0v) is 11.3. The molecule has 2 fully saturated rings. The van der Waals surface area contributed by atoms with Crippen LogP contribution in [0.25, 0.3) is 0 Å². The highest BCUT2D eigenvalue weighted by Gasteiger charge is 2.37. The molecule has 0 spiro atoms. The van der Waals surface area contributed by atoms with Crippen LogP contribution in [0.2, 0.25) is 0 Å². The van der Waals surface area contributed by atoms with E-state index >= 15 is 0 Å². The molecule has 2 aliphatic heterocycles. The van der Waals surface area contributed by atoms with E-state index in [2.05, 4.69) is 32.9 Å². The van der Waals surface area contributed by atoms with Crippen LogP contribution >= 0.6 is 0 Å². The fraction of sp³-hybridized carbons (Fsp3) is 0.786. The average Bonchev–Trinajstić information content (AvgIpc) is 3.05. The Morgan fingerprint density at radius 3 is 3.22 bits per heavy atom. The molecular formula is C14H24N4. The van der Waals surface area contributed by atoms with Crippen LogP contribution < -0.4 is 5.32 Å². The molecule has 2 atom stereocenters. The van der Waals surface area contributed by atoms with Gasteiger partial charge in [0.15, 0.2) is 0 Å². The molecule has 1 aromatic rings. The first-order chi connectivity index (χ1) is 8.88. The summed E-state index contributed by atoms with van der Waals surface area (Å²) in [6.45, 7) is 5.88. The predicted molar refractivity (Wildman–Crippen MR) is 73.8 cm³/mol. The Kier molecular flexibility index (Phi) is 3.55. The van der Waals surface area contributed by atoms with Crippen molar-refractivity contribution < 1.29 is 0 Å². The van der Waals surface area contributed by atoms with Crippen LogP contribution in [0.4, 0.5) is 5.95 Å². The van der Waals surface area contributed by atoms with Gasteiger partial charge in [0, 0.05) is 37.6 Å². The largest absolute Gasteiger partial charge is 0.351 e. The van der Waals surface area contributed by atoms with Gasteiger partial charge < -0.3 is 9.88 Å². The zero-order valence-electron chi connectivity index (χ0n) is 11.3. The van der Waals surface area contributed by atoms with E-state index < -0.39 is 0 Å². The van der Waals surface area contributed by atoms with Crippen molar-refractivity contribution in [2.24, 2.45) is 0 Å². The minimum Gasteiger partial charge on any atom is -0.351 e. The Labute approximate surface area is 109 Å². The number of nitrogens with zero attached hydrogens (tertiary/aromatic N) is 3. The minimum atomic E-state index is 0.607. The van der Waals surface area contributed by atoms with Crippen molar-refractivity contribution in [2.75, 3.05) is 18.4 Å². The summed E-state index contributed by atoms with van der Waals surface area (Å²) in [6, 6.07) is 1.36. The molecule has 18 heavy (non-hydrogen) atoms. The predicted octanol–water partition coefficient (Wildman–Crippen LogP) is 2.33. The van der Waals surface area contributed by atoms with Gasteiger partial charge in [-0.3, -0.25) is 4.90 Å². The highest BCUT2D eigenvalue weighted by Crippen LogP contribution is 2.29. The zero-order chi connectivity index (χ0) is 12.4. The highest BCUT2D eigenvalue weighted by molar-refractivity contribution is 5.29. The van der Waals surface area contributed by atoms with E-state index in [0.29, 0.717) is 6.04 Å². The van der Waals surface area contributed by atoms with E-state index in [1.54, 1.807) is 0 Å². The van der Waals surface area contributed by atoms with Crippen LogP contribution in [0.3, 0.4) is 0 Å². The number of hydrogen-bond donors (Lipinski definition) is 1. The van der Waals surface area contributed by atoms with Crippen LogP contribution in [0, 0.1) is 0 Å². The summed E-state index contributed by atoms with van der Waals surface area (Å²) in [5.41, 5.74) is 0. The number of hydrogen-bond acceptors (Lipinski definition) is 3.